The van der Waals surface area contributed by atoms with Crippen LogP contribution in [0.1, 0.15) is 19.3 Å². The standard InChI is InChI=1S/C14H18BrF2NO2.ClH/c15-10-6-12(16)14(13(17)7-10)20-9-11(19)8-18-4-2-1-3-5-18;/h6-7,11,19H,1-5,8-9H2;1H/p-1. The number of hydrogen-bond donors (Lipinski definition) is 1. The topological polar surface area (TPSA) is 32.7 Å². The van der Waals surface area contributed by atoms with Gasteiger partial charge in [0.25, 0.3) is 0 Å². The first-order valence-corrected chi connectivity index (χ1v) is 7.53. The molecule has 1 aliphatic rings. The van der Waals surface area contributed by atoms with Gasteiger partial charge in [-0.1, -0.05) is 22.4 Å². The van der Waals surface area contributed by atoms with Gasteiger partial charge in [-0.15, -0.1) is 0 Å². The lowest BCUT2D eigenvalue weighted by Gasteiger charge is -2.28. The van der Waals surface area contributed by atoms with Crippen molar-refractivity contribution in [3.05, 3.63) is 28.2 Å². The number of nitrogens with zero attached hydrogens (tertiary/aromatic N) is 1. The molecule has 3 nitrogen and oxygen atoms in total. The van der Waals surface area contributed by atoms with Gasteiger partial charge in [-0.2, -0.15) is 0 Å². The Labute approximate surface area is 137 Å². The number of likely N-dealkylation sites (tertiary alicyclic amines) is 1. The van der Waals surface area contributed by atoms with Crippen LogP contribution in [0.5, 0.6) is 5.75 Å². The summed E-state index contributed by atoms with van der Waals surface area (Å²) >= 11 is 3.00. The maximum Gasteiger partial charge on any atom is 0.190 e. The average molecular weight is 386 g/mol. The van der Waals surface area contributed by atoms with Crippen molar-refractivity contribution in [2.75, 3.05) is 26.2 Å². The molecular weight excluding hydrogens is 368 g/mol. The van der Waals surface area contributed by atoms with Gasteiger partial charge in [-0.05, 0) is 38.1 Å². The van der Waals surface area contributed by atoms with Crippen LogP contribution in [0.2, 0.25) is 0 Å². The van der Waals surface area contributed by atoms with Crippen LogP contribution < -0.4 is 17.1 Å². The fraction of sp³-hybridized carbons (Fsp3) is 0.571. The molecule has 1 heterocycles. The summed E-state index contributed by atoms with van der Waals surface area (Å²) in [5.74, 6) is -1.99. The zero-order chi connectivity index (χ0) is 14.5. The third-order valence-corrected chi connectivity index (χ3v) is 3.76. The average Bonchev–Trinajstić information content (AvgIpc) is 2.38. The molecule has 1 N–H and O–H groups in total. The van der Waals surface area contributed by atoms with Crippen molar-refractivity contribution in [1.82, 2.24) is 4.90 Å². The first-order valence-electron chi connectivity index (χ1n) is 6.74. The monoisotopic (exact) mass is 384 g/mol. The SMILES string of the molecule is OC(COc1c(F)cc(Br)cc1F)CN1CCCCC1.[Cl-]. The first-order chi connectivity index (χ1) is 9.56. The van der Waals surface area contributed by atoms with Gasteiger partial charge >= 0.3 is 0 Å². The van der Waals surface area contributed by atoms with E-state index in [-0.39, 0.29) is 19.0 Å². The highest BCUT2D eigenvalue weighted by Crippen LogP contribution is 2.26. The highest BCUT2D eigenvalue weighted by molar-refractivity contribution is 9.10. The number of rotatable bonds is 5. The van der Waals surface area contributed by atoms with E-state index in [1.807, 2.05) is 0 Å². The maximum atomic E-state index is 13.5. The lowest BCUT2D eigenvalue weighted by atomic mass is 10.1. The van der Waals surface area contributed by atoms with Gasteiger partial charge in [0.2, 0.25) is 0 Å². The van der Waals surface area contributed by atoms with E-state index in [1.54, 1.807) is 0 Å². The maximum absolute atomic E-state index is 13.5. The van der Waals surface area contributed by atoms with Crippen molar-refractivity contribution >= 4 is 15.9 Å². The Morgan fingerprint density at radius 2 is 1.76 bits per heavy atom. The largest absolute Gasteiger partial charge is 1.00 e. The number of β-amino-alcohol motifs (C(OH)–C–C–N with tert-alkyl or cyclic N) is 1. The molecule has 0 bridgehead atoms. The van der Waals surface area contributed by atoms with Crippen molar-refractivity contribution in [3.8, 4) is 5.75 Å². The number of piperidine rings is 1. The van der Waals surface area contributed by atoms with E-state index in [1.165, 1.54) is 6.42 Å². The summed E-state index contributed by atoms with van der Waals surface area (Å²) in [5, 5.41) is 9.88. The molecule has 1 aromatic rings. The molecule has 1 unspecified atom stereocenters. The van der Waals surface area contributed by atoms with Crippen LogP contribution in [0.3, 0.4) is 0 Å². The second-order valence-electron chi connectivity index (χ2n) is 5.02. The minimum Gasteiger partial charge on any atom is -1.00 e. The van der Waals surface area contributed by atoms with Crippen molar-refractivity contribution < 1.29 is 31.0 Å². The normalized spacial score (nSPS) is 17.1. The van der Waals surface area contributed by atoms with E-state index < -0.39 is 23.5 Å². The number of hydrogen-bond acceptors (Lipinski definition) is 3. The van der Waals surface area contributed by atoms with Crippen molar-refractivity contribution in [2.24, 2.45) is 0 Å². The number of halogens is 4. The van der Waals surface area contributed by atoms with Crippen LogP contribution in [0.4, 0.5) is 8.78 Å². The number of aliphatic hydroxyl groups is 1. The van der Waals surface area contributed by atoms with Crippen LogP contribution in [0, 0.1) is 11.6 Å². The van der Waals surface area contributed by atoms with Crippen LogP contribution in [-0.2, 0) is 0 Å². The molecule has 1 atom stereocenters. The summed E-state index contributed by atoms with van der Waals surface area (Å²) in [6.07, 6.45) is 2.72. The second kappa shape index (κ2) is 8.88. The van der Waals surface area contributed by atoms with E-state index in [4.69, 9.17) is 4.74 Å². The van der Waals surface area contributed by atoms with E-state index in [9.17, 15) is 13.9 Å². The summed E-state index contributed by atoms with van der Waals surface area (Å²) in [5.41, 5.74) is 0. The summed E-state index contributed by atoms with van der Waals surface area (Å²) in [6, 6.07) is 2.27. The molecule has 1 aliphatic heterocycles. The lowest BCUT2D eigenvalue weighted by Crippen LogP contribution is -3.00. The highest BCUT2D eigenvalue weighted by atomic mass is 79.9. The first kappa shape index (κ1) is 18.6. The molecule has 1 aromatic carbocycles. The molecular formula is C14H18BrClF2NO2-. The molecule has 2 rings (SSSR count). The van der Waals surface area contributed by atoms with Gasteiger partial charge in [0.05, 0.1) is 0 Å². The zero-order valence-corrected chi connectivity index (χ0v) is 13.8. The summed E-state index contributed by atoms with van der Waals surface area (Å²) < 4.78 is 32.5. The van der Waals surface area contributed by atoms with Crippen molar-refractivity contribution in [3.63, 3.8) is 0 Å². The molecule has 21 heavy (non-hydrogen) atoms. The quantitative estimate of drug-likeness (QED) is 0.772. The molecule has 7 heteroatoms. The Morgan fingerprint density at radius 1 is 1.19 bits per heavy atom. The van der Waals surface area contributed by atoms with E-state index in [2.05, 4.69) is 20.8 Å². The molecule has 1 fully saturated rings. The Morgan fingerprint density at radius 3 is 2.33 bits per heavy atom. The van der Waals surface area contributed by atoms with Crippen molar-refractivity contribution in [2.45, 2.75) is 25.4 Å². The number of ether oxygens (including phenoxy) is 1. The van der Waals surface area contributed by atoms with Gasteiger partial charge in [0.1, 0.15) is 12.7 Å². The van der Waals surface area contributed by atoms with Gasteiger partial charge in [-0.3, -0.25) is 0 Å². The number of benzene rings is 1. The predicted octanol–water partition coefficient (Wildman–Crippen LogP) is -0.0431. The van der Waals surface area contributed by atoms with Crippen LogP contribution >= 0.6 is 15.9 Å². The summed E-state index contributed by atoms with van der Waals surface area (Å²) in [7, 11) is 0. The molecule has 0 saturated carbocycles. The molecule has 0 amide bonds. The van der Waals surface area contributed by atoms with Crippen molar-refractivity contribution in [1.29, 1.82) is 0 Å². The third-order valence-electron chi connectivity index (χ3n) is 3.30. The minimum atomic E-state index is -0.776. The Bertz CT molecular complexity index is 436. The van der Waals surface area contributed by atoms with Crippen LogP contribution in [-0.4, -0.2) is 42.4 Å². The Hall–Kier alpha value is -0.430. The minimum absolute atomic E-state index is 0. The molecule has 120 valence electrons. The number of aliphatic hydroxyl groups excluding tert-OH is 1. The molecule has 0 aliphatic carbocycles. The summed E-state index contributed by atoms with van der Waals surface area (Å²) in [4.78, 5) is 2.14. The lowest BCUT2D eigenvalue weighted by molar-refractivity contribution is -0.00000788. The van der Waals surface area contributed by atoms with E-state index >= 15 is 0 Å². The smallest absolute Gasteiger partial charge is 0.190 e. The molecule has 0 aromatic heterocycles. The van der Waals surface area contributed by atoms with E-state index in [0.29, 0.717) is 11.0 Å². The molecule has 1 saturated heterocycles. The van der Waals surface area contributed by atoms with Gasteiger partial charge < -0.3 is 27.2 Å². The van der Waals surface area contributed by atoms with Crippen LogP contribution in [0.15, 0.2) is 16.6 Å². The Kier molecular flexibility index (Phi) is 7.87. The summed E-state index contributed by atoms with van der Waals surface area (Å²) in [6.45, 7) is 2.27. The molecule has 0 spiro atoms. The predicted molar refractivity (Wildman–Crippen MR) is 75.9 cm³/mol. The fourth-order valence-corrected chi connectivity index (χ4v) is 2.74. The zero-order valence-electron chi connectivity index (χ0n) is 11.5. The third kappa shape index (κ3) is 5.70. The van der Waals surface area contributed by atoms with Gasteiger partial charge in [0.15, 0.2) is 17.4 Å². The van der Waals surface area contributed by atoms with Gasteiger partial charge in [-0.25, -0.2) is 8.78 Å². The second-order valence-corrected chi connectivity index (χ2v) is 5.94. The van der Waals surface area contributed by atoms with Crippen LogP contribution in [0.25, 0.3) is 0 Å². The highest BCUT2D eigenvalue weighted by Gasteiger charge is 2.17. The van der Waals surface area contributed by atoms with Gasteiger partial charge in [0, 0.05) is 11.0 Å². The molecule has 0 radical (unpaired) electrons. The fourth-order valence-electron chi connectivity index (χ4n) is 2.34. The Balaban J connectivity index is 0.00000220. The van der Waals surface area contributed by atoms with E-state index in [0.717, 1.165) is 38.1 Å².